The van der Waals surface area contributed by atoms with E-state index in [4.69, 9.17) is 34.0 Å². The van der Waals surface area contributed by atoms with Crippen LogP contribution in [0, 0.1) is 4.77 Å². The van der Waals surface area contributed by atoms with Gasteiger partial charge in [0.2, 0.25) is 10.7 Å². The molecule has 0 amide bonds. The van der Waals surface area contributed by atoms with Gasteiger partial charge in [0.25, 0.3) is 0 Å². The lowest BCUT2D eigenvalue weighted by Gasteiger charge is -1.97. The molecule has 2 aromatic heterocycles. The maximum atomic E-state index is 5.61. The molecule has 0 spiro atoms. The molecule has 0 unspecified atom stereocenters. The molecule has 72 valence electrons. The van der Waals surface area contributed by atoms with Gasteiger partial charge in [-0.2, -0.15) is 9.97 Å². The molecule has 14 heavy (non-hydrogen) atoms. The molecule has 0 radical (unpaired) electrons. The summed E-state index contributed by atoms with van der Waals surface area (Å²) in [6.07, 6.45) is 0. The molecule has 0 aliphatic carbocycles. The first kappa shape index (κ1) is 9.17. The van der Waals surface area contributed by atoms with Crippen LogP contribution < -0.4 is 5.73 Å². The lowest BCUT2D eigenvalue weighted by Crippen LogP contribution is -1.99. The summed E-state index contributed by atoms with van der Waals surface area (Å²) in [6.45, 7) is 0. The first-order chi connectivity index (χ1) is 6.65. The highest BCUT2D eigenvalue weighted by Crippen LogP contribution is 2.21. The van der Waals surface area contributed by atoms with Crippen LogP contribution in [0.4, 0.5) is 5.95 Å². The Hall–Kier alpha value is -1.40. The third-order valence-electron chi connectivity index (χ3n) is 1.48. The average Bonchev–Trinajstić information content (AvgIpc) is 2.50. The molecule has 0 atom stereocenters. The molecule has 0 bridgehead atoms. The van der Waals surface area contributed by atoms with Crippen LogP contribution in [0.1, 0.15) is 0 Å². The maximum Gasteiger partial charge on any atom is 0.224 e. The minimum atomic E-state index is 0.156. The molecule has 2 heterocycles. The predicted octanol–water partition coefficient (Wildman–Crippen LogP) is 2.03. The SMILES string of the molecule is Nc1nc(=S)nc(-c2ccc(Cl)o2)[nH]1. The summed E-state index contributed by atoms with van der Waals surface area (Å²) in [4.78, 5) is 10.4. The summed E-state index contributed by atoms with van der Waals surface area (Å²) in [5.41, 5.74) is 5.46. The van der Waals surface area contributed by atoms with Gasteiger partial charge in [-0.05, 0) is 36.0 Å². The van der Waals surface area contributed by atoms with Crippen molar-refractivity contribution in [3.05, 3.63) is 22.1 Å². The summed E-state index contributed by atoms with van der Waals surface area (Å²) in [6, 6.07) is 3.27. The van der Waals surface area contributed by atoms with Gasteiger partial charge in [-0.25, -0.2) is 0 Å². The average molecular weight is 229 g/mol. The third-order valence-corrected chi connectivity index (χ3v) is 1.86. The van der Waals surface area contributed by atoms with E-state index >= 15 is 0 Å². The van der Waals surface area contributed by atoms with Crippen LogP contribution in [0.3, 0.4) is 0 Å². The summed E-state index contributed by atoms with van der Waals surface area (Å²) in [5.74, 6) is 1.07. The number of nitrogens with two attached hydrogens (primary N) is 1. The number of hydrogen-bond donors (Lipinski definition) is 2. The molecule has 0 aromatic carbocycles. The van der Waals surface area contributed by atoms with Gasteiger partial charge in [-0.15, -0.1) is 0 Å². The van der Waals surface area contributed by atoms with Crippen molar-refractivity contribution in [2.24, 2.45) is 0 Å². The second-order valence-corrected chi connectivity index (χ2v) is 3.21. The molecule has 2 rings (SSSR count). The van der Waals surface area contributed by atoms with Crippen molar-refractivity contribution in [3.8, 4) is 11.6 Å². The fourth-order valence-electron chi connectivity index (χ4n) is 0.959. The molecular weight excluding hydrogens is 224 g/mol. The van der Waals surface area contributed by atoms with Crippen molar-refractivity contribution in [3.63, 3.8) is 0 Å². The van der Waals surface area contributed by atoms with Crippen molar-refractivity contribution in [1.29, 1.82) is 0 Å². The van der Waals surface area contributed by atoms with Gasteiger partial charge < -0.3 is 15.1 Å². The second-order valence-electron chi connectivity index (χ2n) is 2.47. The molecule has 7 heteroatoms. The number of H-pyrrole nitrogens is 1. The lowest BCUT2D eigenvalue weighted by molar-refractivity contribution is 0.578. The van der Waals surface area contributed by atoms with Gasteiger partial charge in [-0.3, -0.25) is 0 Å². The molecule has 0 saturated heterocycles. The summed E-state index contributed by atoms with van der Waals surface area (Å²) >= 11 is 10.4. The van der Waals surface area contributed by atoms with E-state index in [1.165, 1.54) is 0 Å². The Bertz CT molecular complexity index is 520. The Morgan fingerprint density at radius 2 is 2.21 bits per heavy atom. The number of furan rings is 1. The summed E-state index contributed by atoms with van der Waals surface area (Å²) in [7, 11) is 0. The fraction of sp³-hybridized carbons (Fsp3) is 0. The number of hydrogen-bond acceptors (Lipinski definition) is 5. The number of nitrogens with one attached hydrogen (secondary N) is 1. The van der Waals surface area contributed by atoms with Crippen molar-refractivity contribution in [2.45, 2.75) is 0 Å². The maximum absolute atomic E-state index is 5.61. The van der Waals surface area contributed by atoms with E-state index in [-0.39, 0.29) is 15.9 Å². The van der Waals surface area contributed by atoms with Crippen LogP contribution in [-0.2, 0) is 0 Å². The van der Waals surface area contributed by atoms with Crippen molar-refractivity contribution >= 4 is 29.8 Å². The van der Waals surface area contributed by atoms with E-state index in [1.54, 1.807) is 12.1 Å². The molecule has 0 fully saturated rings. The standard InChI is InChI=1S/C7H5ClN4OS/c8-4-2-1-3(13-4)5-10-6(9)12-7(14)11-5/h1-2H,(H3,9,10,11,12,14). The quantitative estimate of drug-likeness (QED) is 0.730. The summed E-state index contributed by atoms with van der Waals surface area (Å²) < 4.78 is 5.28. The molecule has 0 aliphatic rings. The van der Waals surface area contributed by atoms with E-state index < -0.39 is 0 Å². The third kappa shape index (κ3) is 1.75. The molecule has 0 saturated carbocycles. The highest BCUT2D eigenvalue weighted by atomic mass is 35.5. The number of rotatable bonds is 1. The Morgan fingerprint density at radius 3 is 2.79 bits per heavy atom. The highest BCUT2D eigenvalue weighted by Gasteiger charge is 2.06. The van der Waals surface area contributed by atoms with E-state index in [1.807, 2.05) is 0 Å². The Labute approximate surface area is 88.9 Å². The monoisotopic (exact) mass is 228 g/mol. The van der Waals surface area contributed by atoms with Crippen LogP contribution in [0.15, 0.2) is 16.5 Å². The zero-order chi connectivity index (χ0) is 10.1. The minimum Gasteiger partial charge on any atom is -0.441 e. The van der Waals surface area contributed by atoms with Crippen molar-refractivity contribution in [1.82, 2.24) is 15.0 Å². The Morgan fingerprint density at radius 1 is 1.43 bits per heavy atom. The van der Waals surface area contributed by atoms with Gasteiger partial charge in [0.05, 0.1) is 0 Å². The molecule has 5 nitrogen and oxygen atoms in total. The van der Waals surface area contributed by atoms with Gasteiger partial charge in [0, 0.05) is 0 Å². The van der Waals surface area contributed by atoms with Crippen LogP contribution in [-0.4, -0.2) is 15.0 Å². The smallest absolute Gasteiger partial charge is 0.224 e. The predicted molar refractivity (Wildman–Crippen MR) is 54.3 cm³/mol. The fourth-order valence-corrected chi connectivity index (χ4v) is 1.29. The van der Waals surface area contributed by atoms with Gasteiger partial charge in [0.1, 0.15) is 0 Å². The molecule has 2 aromatic rings. The van der Waals surface area contributed by atoms with Crippen LogP contribution >= 0.6 is 23.8 Å². The van der Waals surface area contributed by atoms with Crippen LogP contribution in [0.5, 0.6) is 0 Å². The highest BCUT2D eigenvalue weighted by molar-refractivity contribution is 7.71. The topological polar surface area (TPSA) is 80.7 Å². The summed E-state index contributed by atoms with van der Waals surface area (Å²) in [5, 5.41) is 0.275. The largest absolute Gasteiger partial charge is 0.441 e. The molecular formula is C7H5ClN4OS. The van der Waals surface area contributed by atoms with E-state index in [9.17, 15) is 0 Å². The minimum absolute atomic E-state index is 0.156. The Kier molecular flexibility index (Phi) is 2.22. The zero-order valence-corrected chi connectivity index (χ0v) is 8.39. The van der Waals surface area contributed by atoms with Crippen LogP contribution in [0.2, 0.25) is 5.22 Å². The van der Waals surface area contributed by atoms with Crippen molar-refractivity contribution < 1.29 is 4.42 Å². The van der Waals surface area contributed by atoms with E-state index in [2.05, 4.69) is 15.0 Å². The molecule has 3 N–H and O–H groups in total. The first-order valence-corrected chi connectivity index (χ1v) is 4.43. The molecule has 0 aliphatic heterocycles. The number of nitrogens with zero attached hydrogens (tertiary/aromatic N) is 2. The second kappa shape index (κ2) is 3.39. The Balaban J connectivity index is 2.56. The number of aromatic amines is 1. The van der Waals surface area contributed by atoms with Gasteiger partial charge >= 0.3 is 0 Å². The number of nitrogen functional groups attached to an aromatic ring is 1. The van der Waals surface area contributed by atoms with Crippen LogP contribution in [0.25, 0.3) is 11.6 Å². The van der Waals surface area contributed by atoms with Crippen molar-refractivity contribution in [2.75, 3.05) is 5.73 Å². The number of aromatic nitrogens is 3. The van der Waals surface area contributed by atoms with E-state index in [0.29, 0.717) is 11.6 Å². The lowest BCUT2D eigenvalue weighted by atomic mass is 10.4. The number of halogens is 1. The van der Waals surface area contributed by atoms with E-state index in [0.717, 1.165) is 0 Å². The van der Waals surface area contributed by atoms with Gasteiger partial charge in [0.15, 0.2) is 16.8 Å². The number of anilines is 1. The van der Waals surface area contributed by atoms with Gasteiger partial charge in [-0.1, -0.05) is 0 Å². The zero-order valence-electron chi connectivity index (χ0n) is 6.82. The first-order valence-electron chi connectivity index (χ1n) is 3.65. The normalized spacial score (nSPS) is 10.4.